The molecule has 1 aromatic carbocycles. The number of ether oxygens (including phenoxy) is 1. The molecule has 0 amide bonds. The Bertz CT molecular complexity index is 486. The van der Waals surface area contributed by atoms with Crippen molar-refractivity contribution < 1.29 is 13.2 Å². The molecule has 0 saturated carbocycles. The first-order valence-electron chi connectivity index (χ1n) is 6.78. The zero-order valence-corrected chi connectivity index (χ0v) is 13.2. The van der Waals surface area contributed by atoms with Gasteiger partial charge < -0.3 is 10.1 Å². The van der Waals surface area contributed by atoms with Crippen molar-refractivity contribution in [2.24, 2.45) is 0 Å². The lowest BCUT2D eigenvalue weighted by Crippen LogP contribution is -2.32. The van der Waals surface area contributed by atoms with Crippen LogP contribution in [0.4, 0.5) is 0 Å². The summed E-state index contributed by atoms with van der Waals surface area (Å²) < 4.78 is 31.6. The molecule has 20 heavy (non-hydrogen) atoms. The van der Waals surface area contributed by atoms with Gasteiger partial charge in [0.2, 0.25) is 10.0 Å². The molecule has 1 rings (SSSR count). The van der Waals surface area contributed by atoms with Crippen molar-refractivity contribution in [1.82, 2.24) is 10.0 Å². The van der Waals surface area contributed by atoms with Crippen molar-refractivity contribution in [3.63, 3.8) is 0 Å². The minimum absolute atomic E-state index is 0.223. The van der Waals surface area contributed by atoms with E-state index < -0.39 is 10.0 Å². The number of methoxy groups -OCH3 is 1. The van der Waals surface area contributed by atoms with Crippen LogP contribution in [0.5, 0.6) is 0 Å². The highest BCUT2D eigenvalue weighted by Gasteiger charge is 2.13. The molecule has 114 valence electrons. The third-order valence-electron chi connectivity index (χ3n) is 3.03. The molecule has 2 N–H and O–H groups in total. The summed E-state index contributed by atoms with van der Waals surface area (Å²) in [5.41, 5.74) is 1.08. The first-order valence-corrected chi connectivity index (χ1v) is 8.26. The van der Waals surface area contributed by atoms with Gasteiger partial charge in [0.05, 0.1) is 11.5 Å². The zero-order valence-electron chi connectivity index (χ0n) is 12.3. The zero-order chi connectivity index (χ0) is 15.0. The average Bonchev–Trinajstić information content (AvgIpc) is 2.45. The van der Waals surface area contributed by atoms with E-state index in [2.05, 4.69) is 10.0 Å². The van der Waals surface area contributed by atoms with Crippen LogP contribution in [0.2, 0.25) is 0 Å². The maximum Gasteiger partial charge on any atom is 0.240 e. The second-order valence-electron chi connectivity index (χ2n) is 4.69. The summed E-state index contributed by atoms with van der Waals surface area (Å²) >= 11 is 0. The normalized spacial score (nSPS) is 13.3. The minimum Gasteiger partial charge on any atom is -0.383 e. The number of hydrogen-bond donors (Lipinski definition) is 2. The summed E-state index contributed by atoms with van der Waals surface area (Å²) in [6.07, 6.45) is 1.57. The first-order chi connectivity index (χ1) is 9.53. The number of sulfonamides is 1. The topological polar surface area (TPSA) is 67.4 Å². The molecule has 0 spiro atoms. The molecular weight excluding hydrogens is 276 g/mol. The summed E-state index contributed by atoms with van der Waals surface area (Å²) in [5.74, 6) is 0. The van der Waals surface area contributed by atoms with E-state index in [1.165, 1.54) is 0 Å². The molecule has 0 radical (unpaired) electrons. The van der Waals surface area contributed by atoms with Gasteiger partial charge in [0.25, 0.3) is 0 Å². The van der Waals surface area contributed by atoms with Crippen LogP contribution >= 0.6 is 0 Å². The fourth-order valence-electron chi connectivity index (χ4n) is 1.85. The highest BCUT2D eigenvalue weighted by Crippen LogP contribution is 2.12. The largest absolute Gasteiger partial charge is 0.383 e. The van der Waals surface area contributed by atoms with Crippen molar-refractivity contribution in [1.29, 1.82) is 0 Å². The Morgan fingerprint density at radius 2 is 1.90 bits per heavy atom. The van der Waals surface area contributed by atoms with Crippen molar-refractivity contribution >= 4 is 10.0 Å². The lowest BCUT2D eigenvalue weighted by atomic mass is 10.1. The second kappa shape index (κ2) is 8.36. The summed E-state index contributed by atoms with van der Waals surface area (Å²) in [5, 5.41) is 3.17. The van der Waals surface area contributed by atoms with E-state index >= 15 is 0 Å². The van der Waals surface area contributed by atoms with Gasteiger partial charge >= 0.3 is 0 Å². The Kier molecular flexibility index (Phi) is 7.15. The van der Waals surface area contributed by atoms with E-state index in [0.29, 0.717) is 18.0 Å². The third kappa shape index (κ3) is 5.20. The smallest absolute Gasteiger partial charge is 0.240 e. The molecule has 0 aliphatic rings. The summed E-state index contributed by atoms with van der Waals surface area (Å²) in [7, 11) is 0.178. The molecule has 0 fully saturated rings. The van der Waals surface area contributed by atoms with Gasteiger partial charge in [0, 0.05) is 19.7 Å². The van der Waals surface area contributed by atoms with Crippen LogP contribution in [0.1, 0.15) is 18.9 Å². The van der Waals surface area contributed by atoms with Gasteiger partial charge in [0.1, 0.15) is 0 Å². The number of nitrogens with one attached hydrogen (secondary N) is 2. The molecule has 1 aromatic rings. The van der Waals surface area contributed by atoms with Crippen LogP contribution < -0.4 is 10.0 Å². The van der Waals surface area contributed by atoms with Crippen molar-refractivity contribution in [2.45, 2.75) is 30.7 Å². The van der Waals surface area contributed by atoms with Gasteiger partial charge in [-0.15, -0.1) is 0 Å². The Hall–Kier alpha value is -0.950. The predicted octanol–water partition coefficient (Wildman–Crippen LogP) is 1.15. The Balaban J connectivity index is 2.73. The van der Waals surface area contributed by atoms with Gasteiger partial charge in [-0.1, -0.05) is 19.1 Å². The number of likely N-dealkylation sites (N-methyl/N-ethyl adjacent to an activating group) is 1. The van der Waals surface area contributed by atoms with Gasteiger partial charge in [0.15, 0.2) is 0 Å². The molecule has 6 heteroatoms. The number of rotatable bonds is 9. The van der Waals surface area contributed by atoms with Crippen LogP contribution in [0, 0.1) is 0 Å². The number of hydrogen-bond acceptors (Lipinski definition) is 4. The number of benzene rings is 1. The molecule has 5 nitrogen and oxygen atoms in total. The molecule has 0 aliphatic carbocycles. The minimum atomic E-state index is -3.37. The van der Waals surface area contributed by atoms with Crippen LogP contribution in [-0.2, 0) is 21.2 Å². The third-order valence-corrected chi connectivity index (χ3v) is 4.51. The molecule has 0 saturated heterocycles. The lowest BCUT2D eigenvalue weighted by Gasteiger charge is -2.15. The Morgan fingerprint density at radius 3 is 2.40 bits per heavy atom. The van der Waals surface area contributed by atoms with Gasteiger partial charge in [-0.3, -0.25) is 0 Å². The van der Waals surface area contributed by atoms with E-state index in [9.17, 15) is 8.42 Å². The van der Waals surface area contributed by atoms with Crippen LogP contribution in [-0.4, -0.2) is 41.8 Å². The van der Waals surface area contributed by atoms with Crippen molar-refractivity contribution in [2.75, 3.05) is 27.3 Å². The highest BCUT2D eigenvalue weighted by molar-refractivity contribution is 7.89. The molecule has 0 aliphatic heterocycles. The Labute approximate surface area is 121 Å². The molecule has 0 heterocycles. The summed E-state index contributed by atoms with van der Waals surface area (Å²) in [6.45, 7) is 3.01. The summed E-state index contributed by atoms with van der Waals surface area (Å²) in [4.78, 5) is 0.308. The van der Waals surface area contributed by atoms with Gasteiger partial charge in [-0.05, 0) is 37.6 Å². The fraction of sp³-hybridized carbons (Fsp3) is 0.571. The second-order valence-corrected chi connectivity index (χ2v) is 6.45. The quantitative estimate of drug-likeness (QED) is 0.718. The molecule has 0 bridgehead atoms. The van der Waals surface area contributed by atoms with E-state index in [1.807, 2.05) is 26.1 Å². The summed E-state index contributed by atoms with van der Waals surface area (Å²) in [6, 6.07) is 7.21. The highest BCUT2D eigenvalue weighted by atomic mass is 32.2. The van der Waals surface area contributed by atoms with Crippen molar-refractivity contribution in [3.8, 4) is 0 Å². The first kappa shape index (κ1) is 17.1. The van der Waals surface area contributed by atoms with E-state index in [0.717, 1.165) is 18.4 Å². The van der Waals surface area contributed by atoms with Gasteiger partial charge in [-0.2, -0.15) is 0 Å². The maximum atomic E-state index is 11.9. The average molecular weight is 300 g/mol. The molecule has 0 aromatic heterocycles. The van der Waals surface area contributed by atoms with Crippen LogP contribution in [0.25, 0.3) is 0 Å². The fourth-order valence-corrected chi connectivity index (χ4v) is 2.99. The SMILES string of the molecule is CCCNS(=O)(=O)c1ccc(CC(COC)NC)cc1. The van der Waals surface area contributed by atoms with Crippen LogP contribution in [0.15, 0.2) is 29.2 Å². The monoisotopic (exact) mass is 300 g/mol. The van der Waals surface area contributed by atoms with E-state index in [4.69, 9.17) is 4.74 Å². The molecule has 1 atom stereocenters. The van der Waals surface area contributed by atoms with Crippen molar-refractivity contribution in [3.05, 3.63) is 29.8 Å². The van der Waals surface area contributed by atoms with E-state index in [1.54, 1.807) is 19.2 Å². The maximum absolute atomic E-state index is 11.9. The van der Waals surface area contributed by atoms with Gasteiger partial charge in [-0.25, -0.2) is 13.1 Å². The lowest BCUT2D eigenvalue weighted by molar-refractivity contribution is 0.169. The standard InChI is InChI=1S/C14H24N2O3S/c1-4-9-16-20(17,18)14-7-5-12(6-8-14)10-13(15-2)11-19-3/h5-8,13,15-16H,4,9-11H2,1-3H3. The van der Waals surface area contributed by atoms with Crippen LogP contribution in [0.3, 0.4) is 0 Å². The Morgan fingerprint density at radius 1 is 1.25 bits per heavy atom. The van der Waals surface area contributed by atoms with E-state index in [-0.39, 0.29) is 6.04 Å². The predicted molar refractivity (Wildman–Crippen MR) is 80.3 cm³/mol. The molecule has 1 unspecified atom stereocenters. The molecular formula is C14H24N2O3S.